The van der Waals surface area contributed by atoms with E-state index < -0.39 is 5.97 Å². The summed E-state index contributed by atoms with van der Waals surface area (Å²) in [4.78, 5) is 29.2. The number of carbonyl (C=O) groups excluding carboxylic acids is 2. The Morgan fingerprint density at radius 2 is 2.11 bits per heavy atom. The first-order chi connectivity index (χ1) is 8.47. The van der Waals surface area contributed by atoms with Crippen molar-refractivity contribution in [3.05, 3.63) is 29.6 Å². The van der Waals surface area contributed by atoms with Gasteiger partial charge in [0.05, 0.1) is 12.7 Å². The number of aryl methyl sites for hydroxylation is 1. The van der Waals surface area contributed by atoms with E-state index in [1.165, 1.54) is 12.0 Å². The number of rotatable bonds is 4. The Morgan fingerprint density at radius 3 is 2.61 bits per heavy atom. The molecule has 0 saturated carbocycles. The van der Waals surface area contributed by atoms with Crippen LogP contribution in [0, 0.1) is 6.92 Å². The normalized spacial score (nSPS) is 10.3. The number of methoxy groups -OCH3 is 1. The second-order valence-electron chi connectivity index (χ2n) is 4.24. The average molecular weight is 250 g/mol. The molecular weight excluding hydrogens is 232 g/mol. The fourth-order valence-corrected chi connectivity index (χ4v) is 1.56. The topological polar surface area (TPSA) is 59.5 Å². The fraction of sp³-hybridized carbons (Fsp3) is 0.462. The van der Waals surface area contributed by atoms with Crippen molar-refractivity contribution in [3.8, 4) is 0 Å². The van der Waals surface area contributed by atoms with Crippen molar-refractivity contribution in [2.45, 2.75) is 26.8 Å². The molecule has 0 aromatic carbocycles. The van der Waals surface area contributed by atoms with Crippen LogP contribution in [0.1, 0.15) is 29.9 Å². The zero-order chi connectivity index (χ0) is 13.7. The van der Waals surface area contributed by atoms with E-state index in [2.05, 4.69) is 9.72 Å². The molecule has 1 rings (SSSR count). The number of esters is 1. The molecule has 1 amide bonds. The Kier molecular flexibility index (Phi) is 4.83. The van der Waals surface area contributed by atoms with Crippen LogP contribution in [0.3, 0.4) is 0 Å². The number of nitrogens with zero attached hydrogens (tertiary/aromatic N) is 2. The monoisotopic (exact) mass is 250 g/mol. The predicted octanol–water partition coefficient (Wildman–Crippen LogP) is 1.41. The molecule has 0 N–H and O–H groups in total. The first-order valence-electron chi connectivity index (χ1n) is 5.76. The van der Waals surface area contributed by atoms with Crippen LogP contribution < -0.4 is 0 Å². The van der Waals surface area contributed by atoms with E-state index in [0.29, 0.717) is 11.3 Å². The van der Waals surface area contributed by atoms with Crippen LogP contribution in [-0.4, -0.2) is 41.5 Å². The Morgan fingerprint density at radius 1 is 1.44 bits per heavy atom. The van der Waals surface area contributed by atoms with Crippen molar-refractivity contribution < 1.29 is 14.3 Å². The Hall–Kier alpha value is -1.91. The van der Waals surface area contributed by atoms with E-state index in [4.69, 9.17) is 0 Å². The van der Waals surface area contributed by atoms with Crippen LogP contribution in [-0.2, 0) is 9.53 Å². The minimum atomic E-state index is -0.432. The molecule has 1 heterocycles. The highest BCUT2D eigenvalue weighted by Gasteiger charge is 2.23. The maximum Gasteiger partial charge on any atom is 0.325 e. The molecular formula is C13H18N2O3. The predicted molar refractivity (Wildman–Crippen MR) is 67.2 cm³/mol. The summed E-state index contributed by atoms with van der Waals surface area (Å²) in [6.45, 7) is 5.42. The lowest BCUT2D eigenvalue weighted by atomic mass is 10.1. The number of pyridine rings is 1. The summed E-state index contributed by atoms with van der Waals surface area (Å²) in [5.41, 5.74) is 1.16. The van der Waals surface area contributed by atoms with Crippen LogP contribution in [0.5, 0.6) is 0 Å². The van der Waals surface area contributed by atoms with Gasteiger partial charge in [0.15, 0.2) is 0 Å². The number of hydrogen-bond donors (Lipinski definition) is 0. The molecule has 0 aliphatic carbocycles. The highest BCUT2D eigenvalue weighted by atomic mass is 16.5. The first-order valence-corrected chi connectivity index (χ1v) is 5.76. The molecule has 0 fully saturated rings. The van der Waals surface area contributed by atoms with Crippen molar-refractivity contribution in [2.75, 3.05) is 13.7 Å². The van der Waals surface area contributed by atoms with Gasteiger partial charge in [0.1, 0.15) is 6.54 Å². The number of amides is 1. The Labute approximate surface area is 107 Å². The van der Waals surface area contributed by atoms with E-state index in [1.54, 1.807) is 25.3 Å². The lowest BCUT2D eigenvalue weighted by molar-refractivity contribution is -0.141. The molecule has 0 bridgehead atoms. The molecule has 0 aliphatic rings. The van der Waals surface area contributed by atoms with E-state index in [9.17, 15) is 9.59 Å². The SMILES string of the molecule is COC(=O)CN(C(=O)c1cccnc1C)C(C)C. The number of ether oxygens (including phenoxy) is 1. The van der Waals surface area contributed by atoms with E-state index in [0.717, 1.165) is 0 Å². The summed E-state index contributed by atoms with van der Waals surface area (Å²) in [5, 5.41) is 0. The number of carbonyl (C=O) groups is 2. The quantitative estimate of drug-likeness (QED) is 0.758. The van der Waals surface area contributed by atoms with Crippen molar-refractivity contribution in [1.29, 1.82) is 0 Å². The van der Waals surface area contributed by atoms with E-state index in [-0.39, 0.29) is 18.5 Å². The van der Waals surface area contributed by atoms with Gasteiger partial charge in [0.2, 0.25) is 0 Å². The summed E-state index contributed by atoms with van der Waals surface area (Å²) >= 11 is 0. The van der Waals surface area contributed by atoms with Gasteiger partial charge < -0.3 is 9.64 Å². The van der Waals surface area contributed by atoms with Crippen molar-refractivity contribution >= 4 is 11.9 Å². The Bertz CT molecular complexity index is 444. The maximum atomic E-state index is 12.3. The highest BCUT2D eigenvalue weighted by molar-refractivity contribution is 5.97. The molecule has 0 saturated heterocycles. The summed E-state index contributed by atoms with van der Waals surface area (Å²) in [6, 6.07) is 3.32. The molecule has 1 aromatic rings. The van der Waals surface area contributed by atoms with E-state index in [1.807, 2.05) is 13.8 Å². The van der Waals surface area contributed by atoms with Crippen molar-refractivity contribution in [3.63, 3.8) is 0 Å². The summed E-state index contributed by atoms with van der Waals surface area (Å²) in [7, 11) is 1.31. The molecule has 0 spiro atoms. The first kappa shape index (κ1) is 14.2. The van der Waals surface area contributed by atoms with Gasteiger partial charge in [-0.2, -0.15) is 0 Å². The summed E-state index contributed by atoms with van der Waals surface area (Å²) in [6.07, 6.45) is 1.63. The zero-order valence-electron chi connectivity index (χ0n) is 11.1. The van der Waals surface area contributed by atoms with Crippen molar-refractivity contribution in [2.24, 2.45) is 0 Å². The second kappa shape index (κ2) is 6.14. The minimum absolute atomic E-state index is 0.0542. The second-order valence-corrected chi connectivity index (χ2v) is 4.24. The zero-order valence-corrected chi connectivity index (χ0v) is 11.1. The van der Waals surface area contributed by atoms with Gasteiger partial charge in [0.25, 0.3) is 5.91 Å². The third-order valence-corrected chi connectivity index (χ3v) is 2.65. The van der Waals surface area contributed by atoms with Gasteiger partial charge in [-0.25, -0.2) is 0 Å². The molecule has 0 radical (unpaired) electrons. The lowest BCUT2D eigenvalue weighted by Crippen LogP contribution is -2.41. The van der Waals surface area contributed by atoms with Crippen LogP contribution in [0.25, 0.3) is 0 Å². The lowest BCUT2D eigenvalue weighted by Gasteiger charge is -2.25. The van der Waals surface area contributed by atoms with Gasteiger partial charge >= 0.3 is 5.97 Å². The van der Waals surface area contributed by atoms with Gasteiger partial charge in [-0.15, -0.1) is 0 Å². The van der Waals surface area contributed by atoms with Crippen LogP contribution >= 0.6 is 0 Å². The smallest absolute Gasteiger partial charge is 0.325 e. The standard InChI is InChI=1S/C13H18N2O3/c1-9(2)15(8-12(16)18-4)13(17)11-6-5-7-14-10(11)3/h5-7,9H,8H2,1-4H3. The minimum Gasteiger partial charge on any atom is -0.468 e. The maximum absolute atomic E-state index is 12.3. The largest absolute Gasteiger partial charge is 0.468 e. The third-order valence-electron chi connectivity index (χ3n) is 2.65. The van der Waals surface area contributed by atoms with Gasteiger partial charge in [0, 0.05) is 17.9 Å². The van der Waals surface area contributed by atoms with Gasteiger partial charge in [-0.1, -0.05) is 0 Å². The third kappa shape index (κ3) is 3.29. The fourth-order valence-electron chi connectivity index (χ4n) is 1.56. The van der Waals surface area contributed by atoms with Gasteiger partial charge in [-0.3, -0.25) is 14.6 Å². The van der Waals surface area contributed by atoms with Gasteiger partial charge in [-0.05, 0) is 32.9 Å². The molecule has 0 unspecified atom stereocenters. The molecule has 0 atom stereocenters. The van der Waals surface area contributed by atoms with E-state index >= 15 is 0 Å². The van der Waals surface area contributed by atoms with Crippen LogP contribution in [0.15, 0.2) is 18.3 Å². The number of hydrogen-bond acceptors (Lipinski definition) is 4. The molecule has 5 nitrogen and oxygen atoms in total. The van der Waals surface area contributed by atoms with Crippen molar-refractivity contribution in [1.82, 2.24) is 9.88 Å². The molecule has 98 valence electrons. The molecule has 5 heteroatoms. The van der Waals surface area contributed by atoms with Crippen LogP contribution in [0.2, 0.25) is 0 Å². The highest BCUT2D eigenvalue weighted by Crippen LogP contribution is 2.11. The Balaban J connectivity index is 2.97. The molecule has 1 aromatic heterocycles. The number of aromatic nitrogens is 1. The van der Waals surface area contributed by atoms with Crippen LogP contribution in [0.4, 0.5) is 0 Å². The molecule has 0 aliphatic heterocycles. The average Bonchev–Trinajstić information content (AvgIpc) is 2.35. The summed E-state index contributed by atoms with van der Waals surface area (Å²) < 4.78 is 4.60. The summed E-state index contributed by atoms with van der Waals surface area (Å²) in [5.74, 6) is -0.639. The molecule has 18 heavy (non-hydrogen) atoms.